The van der Waals surface area contributed by atoms with Gasteiger partial charge in [-0.05, 0) is 32.9 Å². The summed E-state index contributed by atoms with van der Waals surface area (Å²) in [6, 6.07) is 7.97. The van der Waals surface area contributed by atoms with Crippen LogP contribution in [-0.2, 0) is 9.53 Å². The molecule has 0 N–H and O–H groups in total. The van der Waals surface area contributed by atoms with Gasteiger partial charge in [-0.2, -0.15) is 0 Å². The third-order valence-electron chi connectivity index (χ3n) is 2.38. The molecule has 0 bridgehead atoms. The van der Waals surface area contributed by atoms with E-state index in [4.69, 9.17) is 4.74 Å². The van der Waals surface area contributed by atoms with E-state index in [-0.39, 0.29) is 5.97 Å². The van der Waals surface area contributed by atoms with Gasteiger partial charge in [-0.15, -0.1) is 11.3 Å². The van der Waals surface area contributed by atoms with Gasteiger partial charge in [0.1, 0.15) is 4.75 Å². The SMILES string of the molecule is CCOC(=O)C(C)(C)Sc1nc2ccccc2s1. The summed E-state index contributed by atoms with van der Waals surface area (Å²) in [6.07, 6.45) is 0. The summed E-state index contributed by atoms with van der Waals surface area (Å²) < 4.78 is 6.50. The Morgan fingerprint density at radius 2 is 2.17 bits per heavy atom. The van der Waals surface area contributed by atoms with Crippen molar-refractivity contribution in [2.45, 2.75) is 29.9 Å². The molecule has 3 nitrogen and oxygen atoms in total. The van der Waals surface area contributed by atoms with E-state index >= 15 is 0 Å². The van der Waals surface area contributed by atoms with Crippen molar-refractivity contribution in [1.29, 1.82) is 0 Å². The molecule has 1 aromatic carbocycles. The van der Waals surface area contributed by atoms with Crippen LogP contribution in [0.3, 0.4) is 0 Å². The highest BCUT2D eigenvalue weighted by molar-refractivity contribution is 8.03. The largest absolute Gasteiger partial charge is 0.465 e. The predicted octanol–water partition coefficient (Wildman–Crippen LogP) is 3.73. The maximum absolute atomic E-state index is 11.8. The van der Waals surface area contributed by atoms with Crippen LogP contribution in [0.4, 0.5) is 0 Å². The number of ether oxygens (including phenoxy) is 1. The molecule has 0 fully saturated rings. The molecule has 5 heteroatoms. The fraction of sp³-hybridized carbons (Fsp3) is 0.385. The maximum atomic E-state index is 11.8. The molecule has 0 saturated carbocycles. The summed E-state index contributed by atoms with van der Waals surface area (Å²) in [6.45, 7) is 5.95. The Labute approximate surface area is 115 Å². The van der Waals surface area contributed by atoms with Crippen LogP contribution in [0.2, 0.25) is 0 Å². The quantitative estimate of drug-likeness (QED) is 0.632. The van der Waals surface area contributed by atoms with E-state index in [1.165, 1.54) is 11.8 Å². The van der Waals surface area contributed by atoms with Crippen LogP contribution in [0.15, 0.2) is 28.6 Å². The summed E-state index contributed by atoms with van der Waals surface area (Å²) in [4.78, 5) is 16.3. The monoisotopic (exact) mass is 281 g/mol. The van der Waals surface area contributed by atoms with Crippen LogP contribution >= 0.6 is 23.1 Å². The number of thioether (sulfide) groups is 1. The number of esters is 1. The Kier molecular flexibility index (Phi) is 3.92. The number of carbonyl (C=O) groups is 1. The lowest BCUT2D eigenvalue weighted by molar-refractivity contribution is -0.145. The molecule has 0 amide bonds. The zero-order chi connectivity index (χ0) is 13.2. The molecule has 96 valence electrons. The van der Waals surface area contributed by atoms with Crippen molar-refractivity contribution < 1.29 is 9.53 Å². The Bertz CT molecular complexity index is 530. The normalized spacial score (nSPS) is 11.7. The van der Waals surface area contributed by atoms with Crippen molar-refractivity contribution in [3.8, 4) is 0 Å². The number of hydrogen-bond acceptors (Lipinski definition) is 5. The molecular weight excluding hydrogens is 266 g/mol. The number of hydrogen-bond donors (Lipinski definition) is 0. The average Bonchev–Trinajstić information content (AvgIpc) is 2.70. The number of rotatable bonds is 4. The molecule has 0 aliphatic rings. The topological polar surface area (TPSA) is 39.2 Å². The van der Waals surface area contributed by atoms with Gasteiger partial charge in [0, 0.05) is 0 Å². The lowest BCUT2D eigenvalue weighted by atomic mass is 10.2. The number of aromatic nitrogens is 1. The molecule has 0 aliphatic carbocycles. The molecule has 0 radical (unpaired) electrons. The summed E-state index contributed by atoms with van der Waals surface area (Å²) in [5.41, 5.74) is 0.977. The fourth-order valence-electron chi connectivity index (χ4n) is 1.46. The summed E-state index contributed by atoms with van der Waals surface area (Å²) in [5.74, 6) is -0.200. The predicted molar refractivity (Wildman–Crippen MR) is 76.2 cm³/mol. The fourth-order valence-corrected chi connectivity index (χ4v) is 3.94. The van der Waals surface area contributed by atoms with Crippen LogP contribution in [-0.4, -0.2) is 22.3 Å². The van der Waals surface area contributed by atoms with Crippen LogP contribution in [0.1, 0.15) is 20.8 Å². The van der Waals surface area contributed by atoms with Crippen molar-refractivity contribution in [2.24, 2.45) is 0 Å². The molecular formula is C13H15NO2S2. The molecule has 2 aromatic rings. The zero-order valence-electron chi connectivity index (χ0n) is 10.6. The highest BCUT2D eigenvalue weighted by Gasteiger charge is 2.31. The van der Waals surface area contributed by atoms with Gasteiger partial charge < -0.3 is 4.74 Å². The number of thiazole rings is 1. The van der Waals surface area contributed by atoms with Crippen LogP contribution in [0, 0.1) is 0 Å². The Morgan fingerprint density at radius 3 is 2.83 bits per heavy atom. The summed E-state index contributed by atoms with van der Waals surface area (Å²) in [5, 5.41) is 0. The molecule has 0 saturated heterocycles. The summed E-state index contributed by atoms with van der Waals surface area (Å²) in [7, 11) is 0. The third kappa shape index (κ3) is 2.84. The van der Waals surface area contributed by atoms with E-state index in [1.54, 1.807) is 11.3 Å². The average molecular weight is 281 g/mol. The van der Waals surface area contributed by atoms with E-state index in [0.29, 0.717) is 6.61 Å². The Balaban J connectivity index is 2.20. The van der Waals surface area contributed by atoms with E-state index < -0.39 is 4.75 Å². The smallest absolute Gasteiger partial charge is 0.322 e. The van der Waals surface area contributed by atoms with Gasteiger partial charge in [0.15, 0.2) is 4.34 Å². The molecule has 1 heterocycles. The minimum absolute atomic E-state index is 0.200. The third-order valence-corrected chi connectivity index (χ3v) is 4.66. The number of para-hydroxylation sites is 1. The Hall–Kier alpha value is -1.07. The van der Waals surface area contributed by atoms with E-state index in [0.717, 1.165) is 14.6 Å². The molecule has 0 aliphatic heterocycles. The van der Waals surface area contributed by atoms with Gasteiger partial charge >= 0.3 is 5.97 Å². The lowest BCUT2D eigenvalue weighted by Gasteiger charge is -2.19. The van der Waals surface area contributed by atoms with Crippen LogP contribution in [0.5, 0.6) is 0 Å². The van der Waals surface area contributed by atoms with Gasteiger partial charge in [0.2, 0.25) is 0 Å². The van der Waals surface area contributed by atoms with Crippen molar-refractivity contribution in [2.75, 3.05) is 6.61 Å². The van der Waals surface area contributed by atoms with Gasteiger partial charge in [0.05, 0.1) is 16.8 Å². The van der Waals surface area contributed by atoms with Gasteiger partial charge in [-0.1, -0.05) is 23.9 Å². The first-order chi connectivity index (χ1) is 8.53. The second kappa shape index (κ2) is 5.28. The molecule has 2 rings (SSSR count). The van der Waals surface area contributed by atoms with Crippen molar-refractivity contribution in [3.63, 3.8) is 0 Å². The number of carbonyl (C=O) groups excluding carboxylic acids is 1. The van der Waals surface area contributed by atoms with Gasteiger partial charge in [0.25, 0.3) is 0 Å². The molecule has 0 atom stereocenters. The first-order valence-electron chi connectivity index (χ1n) is 5.75. The molecule has 1 aromatic heterocycles. The van der Waals surface area contributed by atoms with E-state index in [2.05, 4.69) is 4.98 Å². The van der Waals surface area contributed by atoms with Crippen molar-refractivity contribution in [3.05, 3.63) is 24.3 Å². The standard InChI is InChI=1S/C13H15NO2S2/c1-4-16-11(15)13(2,3)18-12-14-9-7-5-6-8-10(9)17-12/h5-8H,4H2,1-3H3. The summed E-state index contributed by atoms with van der Waals surface area (Å²) >= 11 is 3.06. The second-order valence-corrected chi connectivity index (χ2v) is 7.18. The van der Waals surface area contributed by atoms with E-state index in [1.807, 2.05) is 45.0 Å². The van der Waals surface area contributed by atoms with Crippen molar-refractivity contribution in [1.82, 2.24) is 4.98 Å². The molecule has 0 unspecified atom stereocenters. The highest BCUT2D eigenvalue weighted by Crippen LogP contribution is 2.37. The molecule has 18 heavy (non-hydrogen) atoms. The van der Waals surface area contributed by atoms with Gasteiger partial charge in [-0.3, -0.25) is 4.79 Å². The van der Waals surface area contributed by atoms with Crippen LogP contribution < -0.4 is 0 Å². The minimum atomic E-state index is -0.607. The minimum Gasteiger partial charge on any atom is -0.465 e. The van der Waals surface area contributed by atoms with E-state index in [9.17, 15) is 4.79 Å². The van der Waals surface area contributed by atoms with Crippen molar-refractivity contribution >= 4 is 39.3 Å². The van der Waals surface area contributed by atoms with Crippen LogP contribution in [0.25, 0.3) is 10.2 Å². The van der Waals surface area contributed by atoms with Gasteiger partial charge in [-0.25, -0.2) is 4.98 Å². The maximum Gasteiger partial charge on any atom is 0.322 e. The number of nitrogens with zero attached hydrogens (tertiary/aromatic N) is 1. The Morgan fingerprint density at radius 1 is 1.44 bits per heavy atom. The number of fused-ring (bicyclic) bond motifs is 1. The highest BCUT2D eigenvalue weighted by atomic mass is 32.2. The lowest BCUT2D eigenvalue weighted by Crippen LogP contribution is -2.29. The first kappa shape index (κ1) is 13.4. The zero-order valence-corrected chi connectivity index (χ0v) is 12.2. The molecule has 0 spiro atoms. The second-order valence-electron chi connectivity index (χ2n) is 4.28. The first-order valence-corrected chi connectivity index (χ1v) is 7.38. The number of benzene rings is 1.